The summed E-state index contributed by atoms with van der Waals surface area (Å²) in [6, 6.07) is 0. The Morgan fingerprint density at radius 3 is 2.90 bits per heavy atom. The molecule has 2 aliphatic rings. The molecular formula is C12H13N3O4S. The molecule has 8 heteroatoms. The second kappa shape index (κ2) is 4.02. The van der Waals surface area contributed by atoms with Gasteiger partial charge in [0.1, 0.15) is 11.2 Å². The molecule has 1 aromatic heterocycles. The second-order valence-corrected chi connectivity index (χ2v) is 6.85. The summed E-state index contributed by atoms with van der Waals surface area (Å²) in [7, 11) is -3.64. The smallest absolute Gasteiger partial charge is 0.241 e. The Labute approximate surface area is 115 Å². The van der Waals surface area contributed by atoms with Gasteiger partial charge in [-0.25, -0.2) is 17.4 Å². The summed E-state index contributed by atoms with van der Waals surface area (Å²) in [6.07, 6.45) is 3.59. The number of nitrogens with zero attached hydrogens (tertiary/aromatic N) is 2. The predicted molar refractivity (Wildman–Crippen MR) is 69.4 cm³/mol. The van der Waals surface area contributed by atoms with E-state index in [0.29, 0.717) is 17.9 Å². The SMILES string of the molecule is C=CCc1ncc2n1S(=O)(=O)CC21CCC(=O)NC1=O. The second-order valence-electron chi connectivity index (χ2n) is 5.03. The van der Waals surface area contributed by atoms with Gasteiger partial charge in [0.05, 0.1) is 17.6 Å². The minimum absolute atomic E-state index is 0.128. The maximum atomic E-state index is 12.3. The number of rotatable bonds is 2. The Balaban J connectivity index is 2.18. The Morgan fingerprint density at radius 2 is 2.25 bits per heavy atom. The highest BCUT2D eigenvalue weighted by Gasteiger charge is 2.55. The fourth-order valence-electron chi connectivity index (χ4n) is 2.85. The van der Waals surface area contributed by atoms with Gasteiger partial charge in [0.15, 0.2) is 0 Å². The molecule has 1 N–H and O–H groups in total. The lowest BCUT2D eigenvalue weighted by Crippen LogP contribution is -2.52. The minimum atomic E-state index is -3.64. The van der Waals surface area contributed by atoms with Gasteiger partial charge in [-0.2, -0.15) is 0 Å². The number of fused-ring (bicyclic) bond motifs is 2. The van der Waals surface area contributed by atoms with Gasteiger partial charge in [0.25, 0.3) is 0 Å². The summed E-state index contributed by atoms with van der Waals surface area (Å²) >= 11 is 0. The molecule has 7 nitrogen and oxygen atoms in total. The zero-order chi connectivity index (χ0) is 14.5. The van der Waals surface area contributed by atoms with E-state index in [9.17, 15) is 18.0 Å². The van der Waals surface area contributed by atoms with Crippen LogP contribution in [0, 0.1) is 0 Å². The van der Waals surface area contributed by atoms with Gasteiger partial charge < -0.3 is 0 Å². The molecule has 0 bridgehead atoms. The van der Waals surface area contributed by atoms with Crippen molar-refractivity contribution >= 4 is 21.8 Å². The topological polar surface area (TPSA) is 98.1 Å². The molecule has 20 heavy (non-hydrogen) atoms. The van der Waals surface area contributed by atoms with Gasteiger partial charge in [0.2, 0.25) is 21.8 Å². The molecule has 1 aromatic rings. The summed E-state index contributed by atoms with van der Waals surface area (Å²) in [6.45, 7) is 3.57. The maximum Gasteiger partial charge on any atom is 0.241 e. The first-order chi connectivity index (χ1) is 9.40. The number of amides is 2. The van der Waals surface area contributed by atoms with Crippen molar-refractivity contribution in [2.75, 3.05) is 5.75 Å². The highest BCUT2D eigenvalue weighted by Crippen LogP contribution is 2.40. The van der Waals surface area contributed by atoms with Crippen LogP contribution in [0.1, 0.15) is 24.4 Å². The quantitative estimate of drug-likeness (QED) is 0.584. The van der Waals surface area contributed by atoms with E-state index in [0.717, 1.165) is 3.97 Å². The van der Waals surface area contributed by atoms with Crippen molar-refractivity contribution < 1.29 is 18.0 Å². The number of hydrogen-bond donors (Lipinski definition) is 1. The first-order valence-corrected chi connectivity index (χ1v) is 7.77. The number of piperidine rings is 1. The standard InChI is InChI=1S/C12H13N3O4S/c1-2-3-9-13-6-8-12(7-20(18,19)15(8)9)5-4-10(16)14-11(12)17/h2,6H,1,3-5,7H2,(H,14,16,17). The van der Waals surface area contributed by atoms with Gasteiger partial charge >= 0.3 is 0 Å². The number of aromatic nitrogens is 2. The fourth-order valence-corrected chi connectivity index (χ4v) is 4.99. The van der Waals surface area contributed by atoms with Gasteiger partial charge in [-0.15, -0.1) is 6.58 Å². The van der Waals surface area contributed by atoms with E-state index < -0.39 is 21.3 Å². The lowest BCUT2D eigenvalue weighted by Gasteiger charge is -2.29. The molecule has 3 heterocycles. The van der Waals surface area contributed by atoms with E-state index in [4.69, 9.17) is 0 Å². The van der Waals surface area contributed by atoms with Crippen LogP contribution in [-0.2, 0) is 31.4 Å². The van der Waals surface area contributed by atoms with Gasteiger partial charge in [-0.3, -0.25) is 14.9 Å². The van der Waals surface area contributed by atoms with Crippen molar-refractivity contribution in [1.29, 1.82) is 0 Å². The largest absolute Gasteiger partial charge is 0.296 e. The van der Waals surface area contributed by atoms with Crippen molar-refractivity contribution in [3.8, 4) is 0 Å². The molecule has 0 aliphatic carbocycles. The molecule has 1 unspecified atom stereocenters. The summed E-state index contributed by atoms with van der Waals surface area (Å²) < 4.78 is 25.8. The Kier molecular flexibility index (Phi) is 2.62. The van der Waals surface area contributed by atoms with Crippen LogP contribution >= 0.6 is 0 Å². The molecule has 2 aliphatic heterocycles. The monoisotopic (exact) mass is 295 g/mol. The molecule has 1 saturated heterocycles. The van der Waals surface area contributed by atoms with Crippen molar-refractivity contribution in [2.24, 2.45) is 0 Å². The van der Waals surface area contributed by atoms with E-state index in [1.807, 2.05) is 0 Å². The third-order valence-corrected chi connectivity index (χ3v) is 5.60. The summed E-state index contributed by atoms with van der Waals surface area (Å²) in [5, 5.41) is 2.23. The zero-order valence-electron chi connectivity index (χ0n) is 10.6. The normalized spacial score (nSPS) is 27.4. The molecule has 1 fully saturated rings. The zero-order valence-corrected chi connectivity index (χ0v) is 11.4. The number of nitrogens with one attached hydrogen (secondary N) is 1. The lowest BCUT2D eigenvalue weighted by atomic mass is 9.79. The Hall–Kier alpha value is -1.96. The molecule has 0 aromatic carbocycles. The van der Waals surface area contributed by atoms with Gasteiger partial charge in [-0.05, 0) is 6.42 Å². The van der Waals surface area contributed by atoms with Crippen LogP contribution < -0.4 is 5.32 Å². The number of carbonyl (C=O) groups excluding carboxylic acids is 2. The third kappa shape index (κ3) is 1.57. The molecule has 1 atom stereocenters. The van der Waals surface area contributed by atoms with Gasteiger partial charge in [-0.1, -0.05) is 6.08 Å². The fraction of sp³-hybridized carbons (Fsp3) is 0.417. The molecule has 0 radical (unpaired) electrons. The first-order valence-electron chi connectivity index (χ1n) is 6.16. The van der Waals surface area contributed by atoms with Crippen molar-refractivity contribution in [2.45, 2.75) is 24.7 Å². The van der Waals surface area contributed by atoms with E-state index in [1.165, 1.54) is 6.20 Å². The number of imidazole rings is 1. The van der Waals surface area contributed by atoms with Crippen LogP contribution in [0.15, 0.2) is 18.9 Å². The van der Waals surface area contributed by atoms with E-state index >= 15 is 0 Å². The van der Waals surface area contributed by atoms with E-state index in [2.05, 4.69) is 16.9 Å². The predicted octanol–water partition coefficient (Wildman–Crippen LogP) is -0.523. The molecule has 1 spiro atoms. The van der Waals surface area contributed by atoms with E-state index in [-0.39, 0.29) is 24.5 Å². The number of carbonyl (C=O) groups is 2. The van der Waals surface area contributed by atoms with E-state index in [1.54, 1.807) is 6.08 Å². The molecule has 2 amide bonds. The van der Waals surface area contributed by atoms with Crippen LogP contribution in [0.3, 0.4) is 0 Å². The van der Waals surface area contributed by atoms with Crippen molar-refractivity contribution in [1.82, 2.24) is 14.3 Å². The highest BCUT2D eigenvalue weighted by atomic mass is 32.2. The maximum absolute atomic E-state index is 12.3. The summed E-state index contributed by atoms with van der Waals surface area (Å²) in [5.41, 5.74) is -0.849. The Morgan fingerprint density at radius 1 is 1.50 bits per heavy atom. The van der Waals surface area contributed by atoms with Crippen molar-refractivity contribution in [3.05, 3.63) is 30.4 Å². The molecular weight excluding hydrogens is 282 g/mol. The van der Waals surface area contributed by atoms with Crippen LogP contribution in [0.4, 0.5) is 0 Å². The number of hydrogen-bond acceptors (Lipinski definition) is 5. The number of imide groups is 1. The average Bonchev–Trinajstić information content (AvgIpc) is 2.87. The molecule has 0 saturated carbocycles. The lowest BCUT2D eigenvalue weighted by molar-refractivity contribution is -0.137. The molecule has 106 valence electrons. The highest BCUT2D eigenvalue weighted by molar-refractivity contribution is 7.90. The Bertz CT molecular complexity index is 734. The van der Waals surface area contributed by atoms with Crippen molar-refractivity contribution in [3.63, 3.8) is 0 Å². The summed E-state index contributed by atoms with van der Waals surface area (Å²) in [5.74, 6) is -0.902. The third-order valence-electron chi connectivity index (χ3n) is 3.78. The number of allylic oxidation sites excluding steroid dienone is 1. The van der Waals surface area contributed by atoms with Crippen LogP contribution in [0.5, 0.6) is 0 Å². The molecule has 3 rings (SSSR count). The average molecular weight is 295 g/mol. The summed E-state index contributed by atoms with van der Waals surface area (Å²) in [4.78, 5) is 27.5. The van der Waals surface area contributed by atoms with Crippen LogP contribution in [-0.4, -0.2) is 34.9 Å². The van der Waals surface area contributed by atoms with Crippen LogP contribution in [0.25, 0.3) is 0 Å². The minimum Gasteiger partial charge on any atom is -0.296 e. The first kappa shape index (κ1) is 13.0. The van der Waals surface area contributed by atoms with Gasteiger partial charge in [0, 0.05) is 12.8 Å². The van der Waals surface area contributed by atoms with Crippen LogP contribution in [0.2, 0.25) is 0 Å².